The average Bonchev–Trinajstić information content (AvgIpc) is 3.22. The van der Waals surface area contributed by atoms with E-state index in [9.17, 15) is 0 Å². The molecule has 1 nitrogen and oxygen atoms in total. The van der Waals surface area contributed by atoms with Crippen molar-refractivity contribution in [3.63, 3.8) is 0 Å². The van der Waals surface area contributed by atoms with Crippen molar-refractivity contribution >= 4 is 0 Å². The van der Waals surface area contributed by atoms with E-state index in [1.165, 1.54) is 12.8 Å². The molecule has 1 fully saturated rings. The number of rotatable bonds is 1. The van der Waals surface area contributed by atoms with E-state index >= 15 is 0 Å². The Labute approximate surface area is 199 Å². The van der Waals surface area contributed by atoms with E-state index in [4.69, 9.17) is 4.74 Å². The van der Waals surface area contributed by atoms with E-state index in [-0.39, 0.29) is 0 Å². The molecule has 0 radical (unpaired) electrons. The summed E-state index contributed by atoms with van der Waals surface area (Å²) < 4.78 is 5.65. The molecule has 0 amide bonds. The predicted molar refractivity (Wildman–Crippen MR) is 144 cm³/mol. The maximum absolute atomic E-state index is 5.65. The molecule has 0 aromatic carbocycles. The third-order valence-corrected chi connectivity index (χ3v) is 4.91. The minimum absolute atomic E-state index is 0.317. The molecule has 0 spiro atoms. The van der Waals surface area contributed by atoms with Crippen LogP contribution in [0, 0.1) is 32.5 Å². The molecule has 2 atom stereocenters. The molecule has 0 bridgehead atoms. The molecular formula is C30H62O. The normalized spacial score (nSPS) is 20.6. The van der Waals surface area contributed by atoms with Crippen LogP contribution < -0.4 is 0 Å². The lowest BCUT2D eigenvalue weighted by Gasteiger charge is -2.24. The molecule has 1 rings (SSSR count). The summed E-state index contributed by atoms with van der Waals surface area (Å²) in [6.07, 6.45) is 8.15. The van der Waals surface area contributed by atoms with Gasteiger partial charge in [0.1, 0.15) is 0 Å². The van der Waals surface area contributed by atoms with Crippen molar-refractivity contribution in [1.82, 2.24) is 0 Å². The van der Waals surface area contributed by atoms with Crippen LogP contribution in [0.2, 0.25) is 0 Å². The van der Waals surface area contributed by atoms with Crippen molar-refractivity contribution < 1.29 is 4.74 Å². The standard InChI is InChI=1S/C10H20O.C10H22.C10H20/c1-9(2,3)7-8(11-7)10(4,5)6;2*1-9(2,3)7-8-10(4,5)6/h7-8H,1-6H3;7-8H2,1-6H3;7-8H,1-6H3/b;;8-7-. The first-order valence-corrected chi connectivity index (χ1v) is 12.5. The van der Waals surface area contributed by atoms with Crippen molar-refractivity contribution in [2.75, 3.05) is 0 Å². The molecule has 0 saturated carbocycles. The molecule has 1 heteroatoms. The molecule has 1 saturated heterocycles. The molecule has 0 aromatic rings. The summed E-state index contributed by atoms with van der Waals surface area (Å²) in [7, 11) is 0. The van der Waals surface area contributed by atoms with Gasteiger partial charge in [0.15, 0.2) is 0 Å². The lowest BCUT2D eigenvalue weighted by molar-refractivity contribution is 0.236. The van der Waals surface area contributed by atoms with Gasteiger partial charge in [-0.1, -0.05) is 137 Å². The first kappa shape index (κ1) is 32.9. The minimum Gasteiger partial charge on any atom is -0.368 e. The van der Waals surface area contributed by atoms with Crippen LogP contribution in [0.1, 0.15) is 137 Å². The van der Waals surface area contributed by atoms with Crippen LogP contribution in [0.5, 0.6) is 0 Å². The summed E-state index contributed by atoms with van der Waals surface area (Å²) in [5.41, 5.74) is 2.30. The predicted octanol–water partition coefficient (Wildman–Crippen LogP) is 10.3. The Morgan fingerprint density at radius 2 is 0.677 bits per heavy atom. The summed E-state index contributed by atoms with van der Waals surface area (Å²) in [6.45, 7) is 40.6. The average molecular weight is 439 g/mol. The minimum atomic E-state index is 0.317. The molecule has 0 N–H and O–H groups in total. The second kappa shape index (κ2) is 11.2. The van der Waals surface area contributed by atoms with Gasteiger partial charge in [0.05, 0.1) is 12.2 Å². The number of ether oxygens (including phenoxy) is 1. The SMILES string of the molecule is CC(C)(C)/C=C\C(C)(C)C.CC(C)(C)C1OC1C(C)(C)C.CC(C)(C)CCC(C)(C)C. The molecule has 31 heavy (non-hydrogen) atoms. The van der Waals surface area contributed by atoms with Gasteiger partial charge in [-0.15, -0.1) is 0 Å². The van der Waals surface area contributed by atoms with Gasteiger partial charge < -0.3 is 4.74 Å². The summed E-state index contributed by atoms with van der Waals surface area (Å²) in [5, 5.41) is 0. The lowest BCUT2D eigenvalue weighted by Crippen LogP contribution is -2.23. The fourth-order valence-electron chi connectivity index (χ4n) is 2.68. The largest absolute Gasteiger partial charge is 0.368 e. The van der Waals surface area contributed by atoms with Crippen LogP contribution in [0.3, 0.4) is 0 Å². The van der Waals surface area contributed by atoms with E-state index in [0.29, 0.717) is 44.7 Å². The highest BCUT2D eigenvalue weighted by atomic mass is 16.6. The van der Waals surface area contributed by atoms with E-state index in [0.717, 1.165) is 0 Å². The van der Waals surface area contributed by atoms with Crippen LogP contribution in [-0.2, 0) is 4.74 Å². The second-order valence-corrected chi connectivity index (χ2v) is 16.4. The molecule has 188 valence electrons. The summed E-state index contributed by atoms with van der Waals surface area (Å²) >= 11 is 0. The van der Waals surface area contributed by atoms with Gasteiger partial charge >= 0.3 is 0 Å². The molecule has 1 heterocycles. The lowest BCUT2D eigenvalue weighted by atomic mass is 9.81. The molecular weight excluding hydrogens is 376 g/mol. The molecule has 0 aromatic heterocycles. The van der Waals surface area contributed by atoms with E-state index in [2.05, 4.69) is 137 Å². The van der Waals surface area contributed by atoms with Gasteiger partial charge in [-0.2, -0.15) is 0 Å². The van der Waals surface area contributed by atoms with Crippen LogP contribution in [0.4, 0.5) is 0 Å². The van der Waals surface area contributed by atoms with Gasteiger partial charge in [0.2, 0.25) is 0 Å². The topological polar surface area (TPSA) is 12.5 Å². The maximum atomic E-state index is 5.65. The summed E-state index contributed by atoms with van der Waals surface area (Å²) in [4.78, 5) is 0. The van der Waals surface area contributed by atoms with E-state index in [1.54, 1.807) is 0 Å². The highest BCUT2D eigenvalue weighted by Gasteiger charge is 2.52. The monoisotopic (exact) mass is 438 g/mol. The fraction of sp³-hybridized carbons (Fsp3) is 0.933. The fourth-order valence-corrected chi connectivity index (χ4v) is 2.68. The number of hydrogen-bond donors (Lipinski definition) is 0. The highest BCUT2D eigenvalue weighted by Crippen LogP contribution is 2.46. The van der Waals surface area contributed by atoms with Crippen molar-refractivity contribution in [1.29, 1.82) is 0 Å². The van der Waals surface area contributed by atoms with Crippen molar-refractivity contribution in [3.05, 3.63) is 12.2 Å². The molecule has 2 unspecified atom stereocenters. The summed E-state index contributed by atoms with van der Waals surface area (Å²) in [6, 6.07) is 0. The van der Waals surface area contributed by atoms with Gasteiger partial charge in [-0.25, -0.2) is 0 Å². The Morgan fingerprint density at radius 3 is 0.774 bits per heavy atom. The van der Waals surface area contributed by atoms with Gasteiger partial charge in [0, 0.05) is 0 Å². The number of allylic oxidation sites excluding steroid dienone is 2. The van der Waals surface area contributed by atoms with Crippen molar-refractivity contribution in [2.45, 2.75) is 150 Å². The Morgan fingerprint density at radius 1 is 0.452 bits per heavy atom. The van der Waals surface area contributed by atoms with Crippen LogP contribution in [0.25, 0.3) is 0 Å². The smallest absolute Gasteiger partial charge is 0.0895 e. The van der Waals surface area contributed by atoms with Gasteiger partial charge in [0.25, 0.3) is 0 Å². The van der Waals surface area contributed by atoms with E-state index in [1.807, 2.05) is 0 Å². The first-order chi connectivity index (χ1) is 13.1. The molecule has 0 aliphatic carbocycles. The maximum Gasteiger partial charge on any atom is 0.0895 e. The second-order valence-electron chi connectivity index (χ2n) is 16.4. The van der Waals surface area contributed by atoms with Crippen LogP contribution in [0.15, 0.2) is 12.2 Å². The Bertz CT molecular complexity index is 462. The first-order valence-electron chi connectivity index (χ1n) is 12.5. The highest BCUT2D eigenvalue weighted by molar-refractivity contribution is 5.00. The Hall–Kier alpha value is -0.300. The zero-order chi connectivity index (χ0) is 25.7. The summed E-state index contributed by atoms with van der Waals surface area (Å²) in [5.74, 6) is 0. The zero-order valence-corrected chi connectivity index (χ0v) is 25.1. The van der Waals surface area contributed by atoms with E-state index < -0.39 is 0 Å². The van der Waals surface area contributed by atoms with Crippen molar-refractivity contribution in [3.8, 4) is 0 Å². The van der Waals surface area contributed by atoms with Gasteiger partial charge in [-0.05, 0) is 45.3 Å². The van der Waals surface area contributed by atoms with Crippen LogP contribution >= 0.6 is 0 Å². The van der Waals surface area contributed by atoms with Crippen LogP contribution in [-0.4, -0.2) is 12.2 Å². The number of hydrogen-bond acceptors (Lipinski definition) is 1. The quantitative estimate of drug-likeness (QED) is 0.293. The van der Waals surface area contributed by atoms with Crippen molar-refractivity contribution in [2.24, 2.45) is 32.5 Å². The zero-order valence-electron chi connectivity index (χ0n) is 25.1. The third-order valence-electron chi connectivity index (χ3n) is 4.91. The Kier molecular flexibility index (Phi) is 11.9. The Balaban J connectivity index is 0. The molecule has 1 aliphatic rings. The molecule has 1 aliphatic heterocycles. The number of epoxide rings is 1. The third kappa shape index (κ3) is 22.7. The van der Waals surface area contributed by atoms with Gasteiger partial charge in [-0.3, -0.25) is 0 Å².